The molecule has 0 saturated heterocycles. The normalized spacial score (nSPS) is 7.41. The predicted molar refractivity (Wildman–Crippen MR) is 288 cm³/mol. The molecule has 8 aromatic heterocycles. The van der Waals surface area contributed by atoms with Gasteiger partial charge in [-0.1, -0.05) is 0 Å². The molecule has 0 unspecified atom stereocenters. The van der Waals surface area contributed by atoms with E-state index in [0.717, 1.165) is 0 Å². The van der Waals surface area contributed by atoms with Crippen molar-refractivity contribution in [2.75, 3.05) is 0 Å². The van der Waals surface area contributed by atoms with Crippen LogP contribution in [0, 0.1) is 59.4 Å². The second-order valence-electron chi connectivity index (χ2n) is 10.3. The number of hydrogen-bond donors (Lipinski definition) is 0. The van der Waals surface area contributed by atoms with Crippen LogP contribution in [0.1, 0.15) is 0 Å². The topological polar surface area (TPSA) is 103 Å². The molecule has 0 aliphatic carbocycles. The fourth-order valence-electron chi connectivity index (χ4n) is 4.35. The molecule has 68 heavy (non-hydrogen) atoms. The summed E-state index contributed by atoms with van der Waals surface area (Å²) in [5.74, 6) is 0. The minimum atomic E-state index is -1.07. The van der Waals surface area contributed by atoms with E-state index in [-0.39, 0.29) is 59.4 Å². The van der Waals surface area contributed by atoms with E-state index in [1.54, 1.807) is 99.1 Å². The molecule has 8 nitrogen and oxygen atoms in total. The largest absolute Gasteiger partial charge is 0.265 e. The number of halogens is 8. The van der Waals surface area contributed by atoms with Gasteiger partial charge in [-0.2, -0.15) is 0 Å². The van der Waals surface area contributed by atoms with Crippen LogP contribution in [-0.2, 0) is 87.1 Å². The molecule has 0 N–H and O–H groups in total. The average Bonchev–Trinajstić information content (AvgIpc) is 3.33. The molecule has 0 atom stereocenters. The van der Waals surface area contributed by atoms with E-state index in [9.17, 15) is 0 Å². The van der Waals surface area contributed by atoms with E-state index in [1.807, 2.05) is 97.1 Å². The minimum Gasteiger partial charge on any atom is -0.265 e. The third-order valence-corrected chi connectivity index (χ3v) is 6.78. The van der Waals surface area contributed by atoms with Crippen molar-refractivity contribution in [3.63, 3.8) is 0 Å². The average molecular weight is 1480 g/mol. The van der Waals surface area contributed by atoms with Gasteiger partial charge >= 0.3 is 154 Å². The molecule has 0 saturated carbocycles. The first-order valence-corrected chi connectivity index (χ1v) is 58.1. The minimum absolute atomic E-state index is 0. The van der Waals surface area contributed by atoms with E-state index in [1.165, 1.54) is 44.5 Å². The Labute approximate surface area is 486 Å². The summed E-state index contributed by atoms with van der Waals surface area (Å²) >= 11 is -4.26. The number of hydrogen-bond acceptors (Lipinski definition) is 8. The molecule has 8 heterocycles. The third kappa shape index (κ3) is 42.8. The van der Waals surface area contributed by atoms with Crippen LogP contribution in [-0.4, -0.2) is 39.9 Å². The first-order valence-electron chi connectivity index (χ1n) is 17.2. The van der Waals surface area contributed by atoms with Gasteiger partial charge in [0.25, 0.3) is 0 Å². The van der Waals surface area contributed by atoms with Crippen LogP contribution in [0.2, 0.25) is 0 Å². The van der Waals surface area contributed by atoms with E-state index >= 15 is 0 Å². The second-order valence-corrected chi connectivity index (χ2v) is 34.3. The summed E-state index contributed by atoms with van der Waals surface area (Å²) in [5, 5.41) is 0. The standard InChI is InChI=1S/4C10H8N2.8CH3.4Cd.8ClH/c4*1-5-11-6-2-9(1)10-3-7-12-8-4-10;;;;;;;;;;;;;;;;;;;;/h4*1-8H;8*1H3;;;;;8*1H/q;;;;8*-1;4*+2;;;;;;;;/p-8. The van der Waals surface area contributed by atoms with Crippen molar-refractivity contribution in [2.45, 2.75) is 0 Å². The molecule has 20 heteroatoms. The fourth-order valence-corrected chi connectivity index (χ4v) is 4.35. The van der Waals surface area contributed by atoms with Crippen molar-refractivity contribution in [2.24, 2.45) is 0 Å². The monoisotopic (exact) mass is 1480 g/mol. The number of nitrogens with zero attached hydrogens (tertiary/aromatic N) is 8. The Hall–Kier alpha value is -0.792. The van der Waals surface area contributed by atoms with Crippen molar-refractivity contribution in [3.8, 4) is 44.5 Å². The summed E-state index contributed by atoms with van der Waals surface area (Å²) in [6, 6.07) is 31.7. The molecule has 0 spiro atoms. The Kier molecular flexibility index (Phi) is 77.0. The van der Waals surface area contributed by atoms with Crippen LogP contribution in [0.4, 0.5) is 0 Å². The van der Waals surface area contributed by atoms with E-state index in [0.29, 0.717) is 0 Å². The maximum atomic E-state index is 4.97. The van der Waals surface area contributed by atoms with Gasteiger partial charge in [0.15, 0.2) is 0 Å². The van der Waals surface area contributed by atoms with Crippen LogP contribution >= 0.6 is 66.5 Å². The van der Waals surface area contributed by atoms with Crippen LogP contribution < -0.4 is 0 Å². The zero-order valence-electron chi connectivity index (χ0n) is 39.9. The summed E-state index contributed by atoms with van der Waals surface area (Å²) in [6.45, 7) is 0. The molecule has 8 aromatic rings. The van der Waals surface area contributed by atoms with Crippen molar-refractivity contribution >= 4 is 66.5 Å². The Bertz CT molecular complexity index is 1640. The molecule has 360 valence electrons. The van der Waals surface area contributed by atoms with Crippen LogP contribution in [0.5, 0.6) is 0 Å². The van der Waals surface area contributed by atoms with Crippen LogP contribution in [0.25, 0.3) is 44.5 Å². The van der Waals surface area contributed by atoms with Crippen molar-refractivity contribution in [3.05, 3.63) is 256 Å². The summed E-state index contributed by atoms with van der Waals surface area (Å²) in [5.41, 5.74) is 9.39. The van der Waals surface area contributed by atoms with Gasteiger partial charge in [-0.15, -0.1) is 0 Å². The van der Waals surface area contributed by atoms with Gasteiger partial charge in [-0.05, 0) is 142 Å². The number of rotatable bonds is 4. The first-order chi connectivity index (χ1) is 29.5. The SMILES string of the molecule is [CH3-].[CH3-].[CH3-].[CH3-].[CH3-].[CH3-].[CH3-].[CH3-].[Cl][Cd][Cl].[Cl][Cd][Cl].[Cl][Cd][Cl].[Cl][Cd][Cl].c1cc(-c2ccncc2)ccn1.c1cc(-c2ccncc2)ccn1.c1cc(-c2ccncc2)ccn1.c1cc(-c2ccncc2)ccn1. The van der Waals surface area contributed by atoms with E-state index < -0.39 is 87.1 Å². The molecule has 0 aliphatic rings. The third-order valence-electron chi connectivity index (χ3n) is 6.78. The van der Waals surface area contributed by atoms with Gasteiger partial charge in [0.05, 0.1) is 0 Å². The van der Waals surface area contributed by atoms with Gasteiger partial charge in [0.2, 0.25) is 0 Å². The molecule has 8 rings (SSSR count). The Balaban J connectivity index is -0.000000105. The van der Waals surface area contributed by atoms with Crippen molar-refractivity contribution < 1.29 is 87.1 Å². The molecule has 0 amide bonds. The smallest absolute Gasteiger partial charge is 0.0273 e. The van der Waals surface area contributed by atoms with Gasteiger partial charge in [-0.3, -0.25) is 39.9 Å². The predicted octanol–water partition coefficient (Wildman–Crippen LogP) is 17.7. The molecular weight excluding hydrogens is 1420 g/mol. The zero-order chi connectivity index (χ0) is 43.7. The molecular formula is C48H56Cd4Cl8N8-8. The summed E-state index contributed by atoms with van der Waals surface area (Å²) in [6.07, 6.45) is 28.6. The summed E-state index contributed by atoms with van der Waals surface area (Å²) < 4.78 is 0. The van der Waals surface area contributed by atoms with E-state index in [4.69, 9.17) is 66.5 Å². The maximum absolute atomic E-state index is 4.97. The van der Waals surface area contributed by atoms with Gasteiger partial charge < -0.3 is 59.4 Å². The van der Waals surface area contributed by atoms with E-state index in [2.05, 4.69) is 39.9 Å². The number of pyridine rings is 8. The molecule has 0 aromatic carbocycles. The zero-order valence-corrected chi connectivity index (χ0v) is 62.1. The quantitative estimate of drug-likeness (QED) is 0.127. The Morgan fingerprint density at radius 1 is 0.176 bits per heavy atom. The summed E-state index contributed by atoms with van der Waals surface area (Å²) in [7, 11) is 39.8. The molecule has 0 fully saturated rings. The fraction of sp³-hybridized carbons (Fsp3) is 0. The first kappa shape index (κ1) is 84.0. The Morgan fingerprint density at radius 2 is 0.235 bits per heavy atom. The van der Waals surface area contributed by atoms with Crippen molar-refractivity contribution in [1.82, 2.24) is 39.9 Å². The van der Waals surface area contributed by atoms with Gasteiger partial charge in [0, 0.05) is 99.1 Å². The maximum Gasteiger partial charge on any atom is 0.0273 e. The molecule has 0 bridgehead atoms. The second kappa shape index (κ2) is 62.3. The number of aromatic nitrogens is 8. The Morgan fingerprint density at radius 3 is 0.294 bits per heavy atom. The van der Waals surface area contributed by atoms with Gasteiger partial charge in [-0.25, -0.2) is 0 Å². The molecule has 0 aliphatic heterocycles. The van der Waals surface area contributed by atoms with Crippen LogP contribution in [0.15, 0.2) is 196 Å². The summed E-state index contributed by atoms with van der Waals surface area (Å²) in [4.78, 5) is 31.6. The molecule has 0 radical (unpaired) electrons. The van der Waals surface area contributed by atoms with Crippen LogP contribution in [0.3, 0.4) is 0 Å². The van der Waals surface area contributed by atoms with Gasteiger partial charge in [0.1, 0.15) is 0 Å². The van der Waals surface area contributed by atoms with Crippen molar-refractivity contribution in [1.29, 1.82) is 0 Å².